The van der Waals surface area contributed by atoms with Crippen LogP contribution in [0, 0.1) is 10.1 Å². The van der Waals surface area contributed by atoms with Crippen molar-refractivity contribution in [1.29, 1.82) is 0 Å². The fourth-order valence-corrected chi connectivity index (χ4v) is 4.11. The second-order valence-electron chi connectivity index (χ2n) is 6.83. The van der Waals surface area contributed by atoms with E-state index in [9.17, 15) is 19.7 Å². The van der Waals surface area contributed by atoms with Crippen LogP contribution in [0.25, 0.3) is 0 Å². The summed E-state index contributed by atoms with van der Waals surface area (Å²) in [4.78, 5) is 36.8. The average molecular weight is 435 g/mol. The molecule has 0 unspecified atom stereocenters. The van der Waals surface area contributed by atoms with Crippen LogP contribution in [-0.4, -0.2) is 16.9 Å². The molecule has 7 nitrogen and oxygen atoms in total. The molecule has 31 heavy (non-hydrogen) atoms. The number of hydrogen-bond donors (Lipinski definition) is 0. The molecule has 2 heterocycles. The Morgan fingerprint density at radius 3 is 2.65 bits per heavy atom. The van der Waals surface area contributed by atoms with Crippen LogP contribution in [0.4, 0.5) is 5.69 Å². The van der Waals surface area contributed by atoms with Gasteiger partial charge in [0.2, 0.25) is 0 Å². The number of non-ortho nitro benzene ring substituents is 1. The molecule has 0 bridgehead atoms. The highest BCUT2D eigenvalue weighted by Gasteiger charge is 2.22. The molecule has 0 radical (unpaired) electrons. The molecule has 0 N–H and O–H groups in total. The fraction of sp³-hybridized carbons (Fsp3) is 0.130. The Labute approximate surface area is 181 Å². The molecule has 1 aliphatic rings. The lowest BCUT2D eigenvalue weighted by Gasteiger charge is -2.10. The highest BCUT2D eigenvalue weighted by molar-refractivity contribution is 7.14. The number of carbonyl (C=O) groups excluding carboxylic acids is 2. The Morgan fingerprint density at radius 2 is 1.87 bits per heavy atom. The van der Waals surface area contributed by atoms with Crippen LogP contribution in [0.1, 0.15) is 36.0 Å². The summed E-state index contributed by atoms with van der Waals surface area (Å²) in [5, 5.41) is 11.0. The molecule has 0 saturated carbocycles. The smallest absolute Gasteiger partial charge is 0.348 e. The number of carbonyl (C=O) groups is 2. The summed E-state index contributed by atoms with van der Waals surface area (Å²) in [7, 11) is 0. The zero-order valence-corrected chi connectivity index (χ0v) is 17.1. The molecular formula is C23H17NO6S. The van der Waals surface area contributed by atoms with Crippen molar-refractivity contribution in [2.75, 3.05) is 0 Å². The molecule has 0 spiro atoms. The Morgan fingerprint density at radius 1 is 1.10 bits per heavy atom. The van der Waals surface area contributed by atoms with Gasteiger partial charge in [0.15, 0.2) is 0 Å². The Balaban J connectivity index is 1.56. The third kappa shape index (κ3) is 4.70. The summed E-state index contributed by atoms with van der Waals surface area (Å²) >= 11 is 1.21. The number of nitro groups is 1. The van der Waals surface area contributed by atoms with Crippen molar-refractivity contribution in [2.45, 2.75) is 19.4 Å². The van der Waals surface area contributed by atoms with Gasteiger partial charge < -0.3 is 9.47 Å². The van der Waals surface area contributed by atoms with E-state index in [0.717, 1.165) is 10.4 Å². The van der Waals surface area contributed by atoms with Crippen LogP contribution in [0.15, 0.2) is 66.7 Å². The van der Waals surface area contributed by atoms with Gasteiger partial charge in [-0.25, -0.2) is 9.59 Å². The first-order valence-corrected chi connectivity index (χ1v) is 10.3. The standard InChI is InChI=1S/C23H17NO6S/c25-22-18-11-10-17(24(27)28)12-16(18)8-4-5-9-20-19(30-22)13-21(31-20)23(26)29-14-15-6-2-1-3-7-15/h1-7,10-13H,8-9,14H2. The molecule has 3 aromatic rings. The minimum absolute atomic E-state index is 0.0864. The zero-order chi connectivity index (χ0) is 21.8. The topological polar surface area (TPSA) is 95.7 Å². The number of nitrogens with zero attached hydrogens (tertiary/aromatic N) is 1. The molecule has 2 aromatic carbocycles. The molecule has 0 atom stereocenters. The van der Waals surface area contributed by atoms with Crippen molar-refractivity contribution in [2.24, 2.45) is 0 Å². The molecule has 4 rings (SSSR count). The van der Waals surface area contributed by atoms with Gasteiger partial charge in [-0.2, -0.15) is 0 Å². The molecular weight excluding hydrogens is 418 g/mol. The van der Waals surface area contributed by atoms with Gasteiger partial charge in [0.1, 0.15) is 17.2 Å². The third-order valence-electron chi connectivity index (χ3n) is 4.71. The number of fused-ring (bicyclic) bond motifs is 2. The highest BCUT2D eigenvalue weighted by atomic mass is 32.1. The van der Waals surface area contributed by atoms with Crippen molar-refractivity contribution in [3.63, 3.8) is 0 Å². The lowest BCUT2D eigenvalue weighted by atomic mass is 10.0. The number of ether oxygens (including phenoxy) is 2. The van der Waals surface area contributed by atoms with Crippen molar-refractivity contribution >= 4 is 29.0 Å². The SMILES string of the molecule is O=C(OCc1ccccc1)c1cc2c(s1)CC=CCc1cc([N+](=O)[O-])ccc1C(=O)O2. The van der Waals surface area contributed by atoms with E-state index in [1.165, 1.54) is 35.6 Å². The maximum atomic E-state index is 12.7. The minimum atomic E-state index is -0.622. The number of esters is 2. The molecule has 1 aliphatic heterocycles. The van der Waals surface area contributed by atoms with Gasteiger partial charge in [-0.1, -0.05) is 42.5 Å². The number of allylic oxidation sites excluding steroid dienone is 2. The second kappa shape index (κ2) is 8.93. The first-order valence-electron chi connectivity index (χ1n) is 9.49. The van der Waals surface area contributed by atoms with Gasteiger partial charge in [0.25, 0.3) is 5.69 Å². The summed E-state index contributed by atoms with van der Waals surface area (Å²) in [6.07, 6.45) is 4.55. The van der Waals surface area contributed by atoms with E-state index in [2.05, 4.69) is 0 Å². The normalized spacial score (nSPS) is 13.0. The molecule has 0 saturated heterocycles. The monoisotopic (exact) mass is 435 g/mol. The number of nitro benzene ring substituents is 1. The van der Waals surface area contributed by atoms with Crippen molar-refractivity contribution in [1.82, 2.24) is 0 Å². The van der Waals surface area contributed by atoms with E-state index in [0.29, 0.717) is 23.3 Å². The Bertz CT molecular complexity index is 1180. The number of thiophene rings is 1. The largest absolute Gasteiger partial charge is 0.457 e. The first-order chi connectivity index (χ1) is 15.0. The Kier molecular flexibility index (Phi) is 5.90. The molecule has 8 heteroatoms. The van der Waals surface area contributed by atoms with Crippen LogP contribution in [-0.2, 0) is 24.2 Å². The maximum Gasteiger partial charge on any atom is 0.348 e. The zero-order valence-electron chi connectivity index (χ0n) is 16.3. The lowest BCUT2D eigenvalue weighted by molar-refractivity contribution is -0.384. The van der Waals surface area contributed by atoms with Gasteiger partial charge in [-0.15, -0.1) is 11.3 Å². The molecule has 156 valence electrons. The van der Waals surface area contributed by atoms with Crippen LogP contribution < -0.4 is 4.74 Å². The van der Waals surface area contributed by atoms with Gasteiger partial charge in [-0.3, -0.25) is 10.1 Å². The maximum absolute atomic E-state index is 12.7. The number of hydrogen-bond acceptors (Lipinski definition) is 7. The van der Waals surface area contributed by atoms with Gasteiger partial charge in [0, 0.05) is 24.6 Å². The van der Waals surface area contributed by atoms with E-state index < -0.39 is 16.9 Å². The number of rotatable bonds is 4. The van der Waals surface area contributed by atoms with Crippen LogP contribution in [0.3, 0.4) is 0 Å². The fourth-order valence-electron chi connectivity index (χ4n) is 3.15. The predicted octanol–water partition coefficient (Wildman–Crippen LogP) is 4.89. The van der Waals surface area contributed by atoms with E-state index in [-0.39, 0.29) is 23.6 Å². The minimum Gasteiger partial charge on any atom is -0.457 e. The van der Waals surface area contributed by atoms with Crippen LogP contribution >= 0.6 is 11.3 Å². The molecule has 0 fully saturated rings. The summed E-state index contributed by atoms with van der Waals surface area (Å²) in [6, 6.07) is 14.9. The van der Waals surface area contributed by atoms with Crippen LogP contribution in [0.2, 0.25) is 0 Å². The Hall–Kier alpha value is -3.78. The van der Waals surface area contributed by atoms with Crippen LogP contribution in [0.5, 0.6) is 5.75 Å². The molecule has 1 aromatic heterocycles. The van der Waals surface area contributed by atoms with Gasteiger partial charge >= 0.3 is 11.9 Å². The summed E-state index contributed by atoms with van der Waals surface area (Å²) in [5.74, 6) is -0.826. The summed E-state index contributed by atoms with van der Waals surface area (Å²) < 4.78 is 10.9. The summed E-state index contributed by atoms with van der Waals surface area (Å²) in [5.41, 5.74) is 1.55. The summed E-state index contributed by atoms with van der Waals surface area (Å²) in [6.45, 7) is 0.147. The van der Waals surface area contributed by atoms with Crippen molar-refractivity contribution in [3.05, 3.63) is 103 Å². The van der Waals surface area contributed by atoms with Crippen molar-refractivity contribution < 1.29 is 24.0 Å². The number of benzene rings is 2. The molecule has 0 aliphatic carbocycles. The second-order valence-corrected chi connectivity index (χ2v) is 7.96. The van der Waals surface area contributed by atoms with Gasteiger partial charge in [0.05, 0.1) is 15.4 Å². The van der Waals surface area contributed by atoms with Gasteiger partial charge in [-0.05, 0) is 23.6 Å². The first kappa shape index (κ1) is 20.5. The highest BCUT2D eigenvalue weighted by Crippen LogP contribution is 2.33. The van der Waals surface area contributed by atoms with E-state index >= 15 is 0 Å². The third-order valence-corrected chi connectivity index (χ3v) is 5.83. The van der Waals surface area contributed by atoms with E-state index in [1.807, 2.05) is 42.5 Å². The van der Waals surface area contributed by atoms with E-state index in [1.54, 1.807) is 0 Å². The predicted molar refractivity (Wildman–Crippen MR) is 114 cm³/mol. The average Bonchev–Trinajstić information content (AvgIpc) is 3.18. The van der Waals surface area contributed by atoms with Crippen molar-refractivity contribution in [3.8, 4) is 5.75 Å². The lowest BCUT2D eigenvalue weighted by Crippen LogP contribution is -2.12. The quantitative estimate of drug-likeness (QED) is 0.251. The van der Waals surface area contributed by atoms with E-state index in [4.69, 9.17) is 9.47 Å². The molecule has 0 amide bonds.